The number of esters is 1. The number of nitrogens with zero attached hydrogens (tertiary/aromatic N) is 3. The van der Waals surface area contributed by atoms with Crippen LogP contribution in [-0.4, -0.2) is 53.4 Å². The fourth-order valence-electron chi connectivity index (χ4n) is 4.81. The van der Waals surface area contributed by atoms with Crippen molar-refractivity contribution in [2.45, 2.75) is 19.8 Å². The maximum Gasteiger partial charge on any atom is 0.310 e. The molecular formula is C32H31FN4O6. The molecule has 0 unspecified atom stereocenters. The molecule has 0 saturated carbocycles. The highest BCUT2D eigenvalue weighted by Crippen LogP contribution is 2.30. The number of piperidine rings is 1. The third-order valence-corrected chi connectivity index (χ3v) is 7.03. The molecule has 1 amide bonds. The van der Waals surface area contributed by atoms with Gasteiger partial charge in [-0.25, -0.2) is 4.39 Å². The second-order valence-electron chi connectivity index (χ2n) is 9.90. The van der Waals surface area contributed by atoms with Crippen LogP contribution in [0.5, 0.6) is 17.2 Å². The fourth-order valence-corrected chi connectivity index (χ4v) is 4.81. The van der Waals surface area contributed by atoms with E-state index in [1.807, 2.05) is 0 Å². The number of likely N-dealkylation sites (tertiary alicyclic amines) is 1. The zero-order valence-corrected chi connectivity index (χ0v) is 23.8. The van der Waals surface area contributed by atoms with Crippen LogP contribution >= 0.6 is 0 Å². The van der Waals surface area contributed by atoms with Gasteiger partial charge in [0.25, 0.3) is 11.5 Å². The van der Waals surface area contributed by atoms with Crippen LogP contribution in [-0.2, 0) is 9.53 Å². The van der Waals surface area contributed by atoms with E-state index >= 15 is 0 Å². The van der Waals surface area contributed by atoms with Crippen LogP contribution in [0.1, 0.15) is 30.1 Å². The lowest BCUT2D eigenvalue weighted by atomic mass is 9.97. The van der Waals surface area contributed by atoms with Crippen molar-refractivity contribution in [1.82, 2.24) is 14.7 Å². The molecule has 43 heavy (non-hydrogen) atoms. The Balaban J connectivity index is 1.40. The SMILES string of the molecule is CCOC(=O)[C@@H]1CCCN(C(=O)c2ccc(Nc3c(Oc4ccc(OC)cc4)cnn(-c4ccc(F)cc4)c3=O)cc2)C1. The van der Waals surface area contributed by atoms with Gasteiger partial charge in [-0.1, -0.05) is 0 Å². The molecule has 0 bridgehead atoms. The van der Waals surface area contributed by atoms with Crippen LogP contribution < -0.4 is 20.3 Å². The van der Waals surface area contributed by atoms with E-state index in [0.717, 1.165) is 4.68 Å². The first-order valence-electron chi connectivity index (χ1n) is 13.9. The molecule has 0 radical (unpaired) electrons. The van der Waals surface area contributed by atoms with E-state index in [1.54, 1.807) is 67.5 Å². The molecule has 1 aliphatic heterocycles. The Bertz CT molecular complexity index is 1640. The zero-order valence-electron chi connectivity index (χ0n) is 23.8. The second kappa shape index (κ2) is 13.2. The second-order valence-corrected chi connectivity index (χ2v) is 9.90. The van der Waals surface area contributed by atoms with E-state index < -0.39 is 11.4 Å². The third-order valence-electron chi connectivity index (χ3n) is 7.03. The molecule has 3 aromatic carbocycles. The lowest BCUT2D eigenvalue weighted by molar-refractivity contribution is -0.149. The lowest BCUT2D eigenvalue weighted by Crippen LogP contribution is -2.42. The summed E-state index contributed by atoms with van der Waals surface area (Å²) in [4.78, 5) is 40.7. The molecule has 1 atom stereocenters. The van der Waals surface area contributed by atoms with Crippen molar-refractivity contribution in [3.05, 3.63) is 101 Å². The molecule has 11 heteroatoms. The van der Waals surface area contributed by atoms with Crippen LogP contribution in [0.15, 0.2) is 83.8 Å². The number of rotatable bonds is 9. The van der Waals surface area contributed by atoms with Gasteiger partial charge in [0, 0.05) is 24.3 Å². The van der Waals surface area contributed by atoms with Gasteiger partial charge in [-0.15, -0.1) is 0 Å². The average molecular weight is 587 g/mol. The summed E-state index contributed by atoms with van der Waals surface area (Å²) in [5.74, 6) is 0.0109. The topological polar surface area (TPSA) is 112 Å². The summed E-state index contributed by atoms with van der Waals surface area (Å²) in [6, 6.07) is 18.9. The lowest BCUT2D eigenvalue weighted by Gasteiger charge is -2.31. The number of anilines is 2. The largest absolute Gasteiger partial charge is 0.497 e. The Labute approximate surface area is 247 Å². The van der Waals surface area contributed by atoms with Crippen molar-refractivity contribution in [2.24, 2.45) is 5.92 Å². The number of ether oxygens (including phenoxy) is 3. The monoisotopic (exact) mass is 586 g/mol. The molecule has 1 fully saturated rings. The maximum atomic E-state index is 13.6. The van der Waals surface area contributed by atoms with E-state index in [2.05, 4.69) is 10.4 Å². The molecule has 1 saturated heterocycles. The van der Waals surface area contributed by atoms with Crippen molar-refractivity contribution in [3.63, 3.8) is 0 Å². The van der Waals surface area contributed by atoms with Crippen LogP contribution in [0.4, 0.5) is 15.8 Å². The van der Waals surface area contributed by atoms with E-state index in [-0.39, 0.29) is 29.2 Å². The number of nitrogens with one attached hydrogen (secondary N) is 1. The quantitative estimate of drug-likeness (QED) is 0.262. The summed E-state index contributed by atoms with van der Waals surface area (Å²) in [6.45, 7) is 2.93. The summed E-state index contributed by atoms with van der Waals surface area (Å²) in [5.41, 5.74) is 0.893. The van der Waals surface area contributed by atoms with Crippen LogP contribution in [0.3, 0.4) is 0 Å². The first kappa shape index (κ1) is 29.3. The van der Waals surface area contributed by atoms with Gasteiger partial charge in [0.2, 0.25) is 0 Å². The normalized spacial score (nSPS) is 14.6. The summed E-state index contributed by atoms with van der Waals surface area (Å²) in [6.07, 6.45) is 2.80. The maximum absolute atomic E-state index is 13.6. The number of hydrogen-bond acceptors (Lipinski definition) is 8. The van der Waals surface area contributed by atoms with Gasteiger partial charge in [0.1, 0.15) is 17.3 Å². The van der Waals surface area contributed by atoms with Crippen molar-refractivity contribution in [1.29, 1.82) is 0 Å². The molecular weight excluding hydrogens is 555 g/mol. The van der Waals surface area contributed by atoms with Gasteiger partial charge in [0.15, 0.2) is 11.4 Å². The van der Waals surface area contributed by atoms with Gasteiger partial charge in [-0.3, -0.25) is 14.4 Å². The Morgan fingerprint density at radius 3 is 2.37 bits per heavy atom. The van der Waals surface area contributed by atoms with Gasteiger partial charge < -0.3 is 24.4 Å². The number of aromatic nitrogens is 2. The molecule has 0 aliphatic carbocycles. The minimum Gasteiger partial charge on any atom is -0.497 e. The van der Waals surface area contributed by atoms with Crippen LogP contribution in [0, 0.1) is 11.7 Å². The number of carbonyl (C=O) groups is 2. The minimum atomic E-state index is -0.531. The molecule has 1 aliphatic rings. The van der Waals surface area contributed by atoms with Crippen molar-refractivity contribution >= 4 is 23.3 Å². The predicted octanol–water partition coefficient (Wildman–Crippen LogP) is 5.33. The van der Waals surface area contributed by atoms with E-state index in [0.29, 0.717) is 61.0 Å². The zero-order chi connectivity index (χ0) is 30.3. The molecule has 222 valence electrons. The van der Waals surface area contributed by atoms with Crippen molar-refractivity contribution in [3.8, 4) is 22.9 Å². The Morgan fingerprint density at radius 2 is 1.70 bits per heavy atom. The number of amides is 1. The molecule has 5 rings (SSSR count). The summed E-state index contributed by atoms with van der Waals surface area (Å²) >= 11 is 0. The smallest absolute Gasteiger partial charge is 0.310 e. The number of carbonyl (C=O) groups excluding carboxylic acids is 2. The molecule has 1 N–H and O–H groups in total. The van der Waals surface area contributed by atoms with Crippen molar-refractivity contribution < 1.29 is 28.2 Å². The van der Waals surface area contributed by atoms with Crippen LogP contribution in [0.25, 0.3) is 5.69 Å². The highest BCUT2D eigenvalue weighted by Gasteiger charge is 2.29. The number of methoxy groups -OCH3 is 1. The molecule has 1 aromatic heterocycles. The number of halogens is 1. The predicted molar refractivity (Wildman–Crippen MR) is 158 cm³/mol. The van der Waals surface area contributed by atoms with Crippen LogP contribution in [0.2, 0.25) is 0 Å². The van der Waals surface area contributed by atoms with E-state index in [4.69, 9.17) is 14.2 Å². The standard InChI is InChI=1S/C32H31FN4O6/c1-3-42-32(40)22-5-4-18-36(20-22)30(38)21-6-10-24(11-7-21)35-29-28(43-27-16-14-26(41-2)15-17-27)19-34-37(31(29)39)25-12-8-23(33)9-13-25/h6-17,19,22,35H,3-5,18,20H2,1-2H3/t22-/m1/s1. The van der Waals surface area contributed by atoms with Gasteiger partial charge in [-0.2, -0.15) is 9.78 Å². The fraction of sp³-hybridized carbons (Fsp3) is 0.250. The Kier molecular flexibility index (Phi) is 8.99. The molecule has 10 nitrogen and oxygen atoms in total. The van der Waals surface area contributed by atoms with Gasteiger partial charge in [0.05, 0.1) is 31.5 Å². The molecule has 0 spiro atoms. The number of benzene rings is 3. The molecule has 2 heterocycles. The Morgan fingerprint density at radius 1 is 1.00 bits per heavy atom. The van der Waals surface area contributed by atoms with Gasteiger partial charge >= 0.3 is 5.97 Å². The summed E-state index contributed by atoms with van der Waals surface area (Å²) in [7, 11) is 1.56. The van der Waals surface area contributed by atoms with E-state index in [1.165, 1.54) is 30.5 Å². The molecule has 4 aromatic rings. The number of hydrogen-bond donors (Lipinski definition) is 1. The Hall–Kier alpha value is -5.19. The van der Waals surface area contributed by atoms with Gasteiger partial charge in [-0.05, 0) is 92.6 Å². The minimum absolute atomic E-state index is 0.0857. The van der Waals surface area contributed by atoms with E-state index in [9.17, 15) is 18.8 Å². The van der Waals surface area contributed by atoms with Crippen molar-refractivity contribution in [2.75, 3.05) is 32.1 Å². The summed E-state index contributed by atoms with van der Waals surface area (Å²) in [5, 5.41) is 7.34. The highest BCUT2D eigenvalue weighted by atomic mass is 19.1. The average Bonchev–Trinajstić information content (AvgIpc) is 3.04. The summed E-state index contributed by atoms with van der Waals surface area (Å²) < 4.78 is 31.0. The third kappa shape index (κ3) is 6.83. The highest BCUT2D eigenvalue weighted by molar-refractivity contribution is 5.95. The first-order valence-corrected chi connectivity index (χ1v) is 13.9. The first-order chi connectivity index (χ1) is 20.9.